The van der Waals surface area contributed by atoms with Gasteiger partial charge in [-0.2, -0.15) is 0 Å². The Labute approximate surface area is 169 Å². The van der Waals surface area contributed by atoms with Crippen LogP contribution in [0.2, 0.25) is 0 Å². The molecule has 1 aliphatic rings. The lowest BCUT2D eigenvalue weighted by Crippen LogP contribution is -2.61. The molecule has 0 aromatic carbocycles. The number of carbonyl (C=O) groups excluding carboxylic acids is 2. The Morgan fingerprint density at radius 3 is 2.17 bits per heavy atom. The van der Waals surface area contributed by atoms with Crippen LogP contribution in [0.4, 0.5) is 0 Å². The Kier molecular flexibility index (Phi) is 8.85. The first-order chi connectivity index (χ1) is 13.3. The number of azide groups is 1. The third-order valence-electron chi connectivity index (χ3n) is 4.03. The van der Waals surface area contributed by atoms with Crippen molar-refractivity contribution in [2.45, 2.75) is 72.2 Å². The van der Waals surface area contributed by atoms with E-state index in [2.05, 4.69) is 10.0 Å². The predicted octanol–water partition coefficient (Wildman–Crippen LogP) is 1.31. The molecular formula is C18H31N3O8. The molecule has 166 valence electrons. The fourth-order valence-electron chi connectivity index (χ4n) is 2.25. The van der Waals surface area contributed by atoms with Crippen molar-refractivity contribution in [1.29, 1.82) is 0 Å². The summed E-state index contributed by atoms with van der Waals surface area (Å²) >= 11 is 0. The van der Waals surface area contributed by atoms with E-state index in [0.717, 1.165) is 0 Å². The van der Waals surface area contributed by atoms with Crippen LogP contribution in [0.3, 0.4) is 0 Å². The highest BCUT2D eigenvalue weighted by atomic mass is 16.7. The van der Waals surface area contributed by atoms with Gasteiger partial charge in [-0.1, -0.05) is 5.11 Å². The largest absolute Gasteiger partial charge is 0.462 e. The average molecular weight is 417 g/mol. The van der Waals surface area contributed by atoms with Gasteiger partial charge in [0.05, 0.1) is 17.4 Å². The second-order valence-corrected chi connectivity index (χ2v) is 8.82. The maximum Gasteiger partial charge on any atom is 0.311 e. The molecule has 1 saturated heterocycles. The maximum absolute atomic E-state index is 12.3. The van der Waals surface area contributed by atoms with Crippen molar-refractivity contribution in [3.63, 3.8) is 0 Å². The highest BCUT2D eigenvalue weighted by Crippen LogP contribution is 2.28. The van der Waals surface area contributed by atoms with E-state index in [1.807, 2.05) is 0 Å². The van der Waals surface area contributed by atoms with Crippen LogP contribution in [0, 0.1) is 10.8 Å². The SMILES string of the molecule is CC(C)(C)C(=O)OC[C@H]1O[C@@H](OCCN=[N+]=[N-])[C@H](O)[C@@H](OC(=O)C(C)(C)C)[C@@H]1O. The normalized spacial score (nSPS) is 27.7. The second kappa shape index (κ2) is 10.2. The summed E-state index contributed by atoms with van der Waals surface area (Å²) in [6.07, 6.45) is -6.72. The zero-order chi connectivity index (χ0) is 22.4. The first-order valence-electron chi connectivity index (χ1n) is 9.31. The van der Waals surface area contributed by atoms with Gasteiger partial charge < -0.3 is 29.2 Å². The average Bonchev–Trinajstić information content (AvgIpc) is 2.60. The zero-order valence-corrected chi connectivity index (χ0v) is 17.7. The Morgan fingerprint density at radius 1 is 1.07 bits per heavy atom. The number of rotatable bonds is 7. The van der Waals surface area contributed by atoms with Crippen molar-refractivity contribution in [2.24, 2.45) is 15.9 Å². The predicted molar refractivity (Wildman–Crippen MR) is 100 cm³/mol. The summed E-state index contributed by atoms with van der Waals surface area (Å²) in [4.78, 5) is 26.9. The number of aliphatic hydroxyl groups excluding tert-OH is 2. The molecule has 2 N–H and O–H groups in total. The van der Waals surface area contributed by atoms with Gasteiger partial charge in [-0.05, 0) is 47.1 Å². The number of hydrogen-bond acceptors (Lipinski definition) is 9. The quantitative estimate of drug-likeness (QED) is 0.206. The molecule has 1 fully saturated rings. The van der Waals surface area contributed by atoms with Crippen LogP contribution in [-0.4, -0.2) is 72.6 Å². The minimum absolute atomic E-state index is 0.0121. The molecule has 29 heavy (non-hydrogen) atoms. The minimum atomic E-state index is -1.50. The lowest BCUT2D eigenvalue weighted by Gasteiger charge is -2.42. The Bertz CT molecular complexity index is 622. The van der Waals surface area contributed by atoms with Gasteiger partial charge in [0, 0.05) is 11.5 Å². The van der Waals surface area contributed by atoms with Crippen molar-refractivity contribution >= 4 is 11.9 Å². The van der Waals surface area contributed by atoms with Crippen molar-refractivity contribution in [3.05, 3.63) is 10.4 Å². The van der Waals surface area contributed by atoms with Crippen molar-refractivity contribution < 1.29 is 38.7 Å². The van der Waals surface area contributed by atoms with Crippen molar-refractivity contribution in [3.8, 4) is 0 Å². The van der Waals surface area contributed by atoms with E-state index < -0.39 is 53.5 Å². The molecule has 0 aromatic heterocycles. The molecule has 0 radical (unpaired) electrons. The molecule has 1 heterocycles. The molecule has 11 heteroatoms. The van der Waals surface area contributed by atoms with Crippen LogP contribution >= 0.6 is 0 Å². The number of carbonyl (C=O) groups is 2. The molecule has 1 aliphatic heterocycles. The van der Waals surface area contributed by atoms with E-state index in [0.29, 0.717) is 0 Å². The van der Waals surface area contributed by atoms with Crippen LogP contribution in [0.15, 0.2) is 5.11 Å². The maximum atomic E-state index is 12.3. The molecule has 0 amide bonds. The number of esters is 2. The zero-order valence-electron chi connectivity index (χ0n) is 17.7. The lowest BCUT2D eigenvalue weighted by molar-refractivity contribution is -0.304. The molecule has 1 rings (SSSR count). The topological polar surface area (TPSA) is 160 Å². The summed E-state index contributed by atoms with van der Waals surface area (Å²) in [5.41, 5.74) is 6.69. The van der Waals surface area contributed by atoms with Gasteiger partial charge in [0.2, 0.25) is 0 Å². The standard InChI is InChI=1S/C18H31N3O8/c1-17(2,3)15(24)27-9-10-11(22)13(29-16(25)18(4,5)6)12(23)14(28-10)26-8-7-20-21-19/h10-14,22-23H,7-9H2,1-6H3/t10-,11-,12-,13+,14-/m1/s1. The molecule has 0 spiro atoms. The molecule has 0 aliphatic carbocycles. The summed E-state index contributed by atoms with van der Waals surface area (Å²) in [6.45, 7) is 9.49. The van der Waals surface area contributed by atoms with Gasteiger partial charge in [0.1, 0.15) is 24.9 Å². The minimum Gasteiger partial charge on any atom is -0.462 e. The van der Waals surface area contributed by atoms with E-state index in [4.69, 9.17) is 24.5 Å². The molecule has 5 atom stereocenters. The van der Waals surface area contributed by atoms with Crippen LogP contribution in [0.25, 0.3) is 10.4 Å². The first kappa shape index (κ1) is 25.1. The van der Waals surface area contributed by atoms with Gasteiger partial charge in [-0.15, -0.1) is 0 Å². The second-order valence-electron chi connectivity index (χ2n) is 8.82. The fraction of sp³-hybridized carbons (Fsp3) is 0.889. The number of nitrogens with zero attached hydrogens (tertiary/aromatic N) is 3. The summed E-state index contributed by atoms with van der Waals surface area (Å²) in [7, 11) is 0. The van der Waals surface area contributed by atoms with Crippen LogP contribution in [0.1, 0.15) is 41.5 Å². The summed E-state index contributed by atoms with van der Waals surface area (Å²) < 4.78 is 21.4. The van der Waals surface area contributed by atoms with Crippen LogP contribution < -0.4 is 0 Å². The monoisotopic (exact) mass is 417 g/mol. The van der Waals surface area contributed by atoms with E-state index in [9.17, 15) is 19.8 Å². The van der Waals surface area contributed by atoms with Gasteiger partial charge in [0.25, 0.3) is 0 Å². The highest BCUT2D eigenvalue weighted by Gasteiger charge is 2.48. The molecule has 0 saturated carbocycles. The van der Waals surface area contributed by atoms with E-state index in [-0.39, 0.29) is 19.8 Å². The summed E-state index contributed by atoms with van der Waals surface area (Å²) in [5.74, 6) is -1.15. The lowest BCUT2D eigenvalue weighted by atomic mass is 9.95. The Hall–Kier alpha value is -1.91. The Balaban J connectivity index is 2.94. The van der Waals surface area contributed by atoms with Crippen molar-refractivity contribution in [2.75, 3.05) is 19.8 Å². The molecule has 0 aromatic rings. The summed E-state index contributed by atoms with van der Waals surface area (Å²) in [5, 5.41) is 24.4. The number of hydrogen-bond donors (Lipinski definition) is 2. The van der Waals surface area contributed by atoms with Crippen LogP contribution in [0.5, 0.6) is 0 Å². The van der Waals surface area contributed by atoms with Gasteiger partial charge in [-0.3, -0.25) is 9.59 Å². The number of aliphatic hydroxyl groups is 2. The molecule has 11 nitrogen and oxygen atoms in total. The smallest absolute Gasteiger partial charge is 0.311 e. The molecular weight excluding hydrogens is 386 g/mol. The van der Waals surface area contributed by atoms with E-state index in [1.54, 1.807) is 41.5 Å². The third-order valence-corrected chi connectivity index (χ3v) is 4.03. The van der Waals surface area contributed by atoms with Gasteiger partial charge in [0.15, 0.2) is 12.4 Å². The van der Waals surface area contributed by atoms with Gasteiger partial charge in [-0.25, -0.2) is 0 Å². The fourth-order valence-corrected chi connectivity index (χ4v) is 2.25. The van der Waals surface area contributed by atoms with E-state index in [1.165, 1.54) is 0 Å². The molecule has 0 unspecified atom stereocenters. The van der Waals surface area contributed by atoms with Crippen LogP contribution in [-0.2, 0) is 28.5 Å². The third kappa shape index (κ3) is 7.45. The molecule has 0 bridgehead atoms. The number of ether oxygens (including phenoxy) is 4. The summed E-state index contributed by atoms with van der Waals surface area (Å²) in [6, 6.07) is 0. The van der Waals surface area contributed by atoms with E-state index >= 15 is 0 Å². The van der Waals surface area contributed by atoms with Crippen molar-refractivity contribution in [1.82, 2.24) is 0 Å². The highest BCUT2D eigenvalue weighted by molar-refractivity contribution is 5.76. The Morgan fingerprint density at radius 2 is 1.66 bits per heavy atom. The first-order valence-corrected chi connectivity index (χ1v) is 9.31. The van der Waals surface area contributed by atoms with Gasteiger partial charge >= 0.3 is 11.9 Å².